The summed E-state index contributed by atoms with van der Waals surface area (Å²) in [6, 6.07) is 0. The summed E-state index contributed by atoms with van der Waals surface area (Å²) in [6.07, 6.45) is 6.13. The molecule has 1 aliphatic rings. The van der Waals surface area contributed by atoms with E-state index in [1.54, 1.807) is 0 Å². The van der Waals surface area contributed by atoms with Gasteiger partial charge < -0.3 is 15.6 Å². The Morgan fingerprint density at radius 1 is 1.38 bits per heavy atom. The molecule has 3 nitrogen and oxygen atoms in total. The molecule has 1 aliphatic carbocycles. The molecule has 0 saturated heterocycles. The van der Waals surface area contributed by atoms with E-state index in [-0.39, 0.29) is 12.7 Å². The van der Waals surface area contributed by atoms with Crippen LogP contribution in [0.5, 0.6) is 0 Å². The van der Waals surface area contributed by atoms with Crippen LogP contribution in [0.3, 0.4) is 0 Å². The van der Waals surface area contributed by atoms with Crippen LogP contribution < -0.4 is 5.73 Å². The summed E-state index contributed by atoms with van der Waals surface area (Å²) >= 11 is 0. The van der Waals surface area contributed by atoms with Crippen molar-refractivity contribution < 1.29 is 9.84 Å². The molecule has 0 aliphatic heterocycles. The Hall–Kier alpha value is -0.120. The van der Waals surface area contributed by atoms with Crippen molar-refractivity contribution in [2.75, 3.05) is 19.8 Å². The third-order valence-corrected chi connectivity index (χ3v) is 2.79. The number of aliphatic hydroxyl groups excluding tert-OH is 1. The molecule has 0 heterocycles. The molecule has 3 heteroatoms. The van der Waals surface area contributed by atoms with Crippen molar-refractivity contribution in [3.63, 3.8) is 0 Å². The topological polar surface area (TPSA) is 55.5 Å². The first-order valence-corrected chi connectivity index (χ1v) is 5.31. The lowest BCUT2D eigenvalue weighted by Gasteiger charge is -2.21. The van der Waals surface area contributed by atoms with Crippen LogP contribution >= 0.6 is 0 Å². The second-order valence-corrected chi connectivity index (χ2v) is 3.77. The predicted molar refractivity (Wildman–Crippen MR) is 52.5 cm³/mol. The molecule has 1 unspecified atom stereocenters. The second-order valence-electron chi connectivity index (χ2n) is 3.77. The summed E-state index contributed by atoms with van der Waals surface area (Å²) in [5.74, 6) is 0.670. The van der Waals surface area contributed by atoms with Crippen molar-refractivity contribution in [2.45, 2.75) is 38.2 Å². The molecule has 0 aromatic heterocycles. The number of hydrogen-bond donors (Lipinski definition) is 2. The highest BCUT2D eigenvalue weighted by molar-refractivity contribution is 4.76. The van der Waals surface area contributed by atoms with Gasteiger partial charge in [-0.1, -0.05) is 12.8 Å². The average Bonchev–Trinajstić information content (AvgIpc) is 2.65. The summed E-state index contributed by atoms with van der Waals surface area (Å²) in [5.41, 5.74) is 5.65. The molecule has 0 bridgehead atoms. The van der Waals surface area contributed by atoms with Crippen LogP contribution in [0.15, 0.2) is 0 Å². The van der Waals surface area contributed by atoms with Crippen LogP contribution in [-0.2, 0) is 4.74 Å². The van der Waals surface area contributed by atoms with E-state index < -0.39 is 0 Å². The molecular weight excluding hydrogens is 166 g/mol. The van der Waals surface area contributed by atoms with E-state index in [9.17, 15) is 0 Å². The molecule has 0 amide bonds. The summed E-state index contributed by atoms with van der Waals surface area (Å²) in [4.78, 5) is 0. The zero-order valence-electron chi connectivity index (χ0n) is 8.24. The van der Waals surface area contributed by atoms with Gasteiger partial charge in [-0.05, 0) is 25.2 Å². The minimum atomic E-state index is 0.210. The highest BCUT2D eigenvalue weighted by atomic mass is 16.5. The lowest BCUT2D eigenvalue weighted by atomic mass is 10.0. The molecule has 13 heavy (non-hydrogen) atoms. The Kier molecular flexibility index (Phi) is 5.35. The van der Waals surface area contributed by atoms with Crippen molar-refractivity contribution in [1.82, 2.24) is 0 Å². The molecule has 1 rings (SSSR count). The fourth-order valence-electron chi connectivity index (χ4n) is 2.03. The number of hydrogen-bond acceptors (Lipinski definition) is 3. The fraction of sp³-hybridized carbons (Fsp3) is 1.00. The van der Waals surface area contributed by atoms with Gasteiger partial charge in [0.2, 0.25) is 0 Å². The number of aliphatic hydroxyl groups is 1. The van der Waals surface area contributed by atoms with Crippen molar-refractivity contribution in [1.29, 1.82) is 0 Å². The maximum Gasteiger partial charge on any atom is 0.0725 e. The van der Waals surface area contributed by atoms with Crippen LogP contribution in [0.2, 0.25) is 0 Å². The van der Waals surface area contributed by atoms with Crippen molar-refractivity contribution in [2.24, 2.45) is 11.7 Å². The van der Waals surface area contributed by atoms with Crippen LogP contribution in [0.25, 0.3) is 0 Å². The first-order valence-electron chi connectivity index (χ1n) is 5.31. The Morgan fingerprint density at radius 2 is 2.08 bits per heavy atom. The molecule has 0 radical (unpaired) electrons. The summed E-state index contributed by atoms with van der Waals surface area (Å²) in [5, 5.41) is 8.61. The molecule has 1 atom stereocenters. The van der Waals surface area contributed by atoms with E-state index >= 15 is 0 Å². The Balaban J connectivity index is 2.16. The first kappa shape index (κ1) is 11.0. The number of ether oxygens (including phenoxy) is 1. The fourth-order valence-corrected chi connectivity index (χ4v) is 2.03. The monoisotopic (exact) mass is 187 g/mol. The SMILES string of the molecule is NCC(OCCCO)C1CCCC1. The van der Waals surface area contributed by atoms with Gasteiger partial charge in [-0.15, -0.1) is 0 Å². The minimum Gasteiger partial charge on any atom is -0.396 e. The van der Waals surface area contributed by atoms with E-state index in [4.69, 9.17) is 15.6 Å². The van der Waals surface area contributed by atoms with Gasteiger partial charge in [-0.3, -0.25) is 0 Å². The Morgan fingerprint density at radius 3 is 2.62 bits per heavy atom. The Labute approximate surface area is 80.3 Å². The van der Waals surface area contributed by atoms with Crippen molar-refractivity contribution in [3.8, 4) is 0 Å². The van der Waals surface area contributed by atoms with Gasteiger partial charge in [-0.25, -0.2) is 0 Å². The van der Waals surface area contributed by atoms with Crippen LogP contribution in [0, 0.1) is 5.92 Å². The lowest BCUT2D eigenvalue weighted by molar-refractivity contribution is 0.0135. The molecular formula is C10H21NO2. The highest BCUT2D eigenvalue weighted by Crippen LogP contribution is 2.28. The van der Waals surface area contributed by atoms with E-state index in [2.05, 4.69) is 0 Å². The van der Waals surface area contributed by atoms with Crippen LogP contribution in [-0.4, -0.2) is 31.0 Å². The molecule has 1 saturated carbocycles. The van der Waals surface area contributed by atoms with Crippen molar-refractivity contribution in [3.05, 3.63) is 0 Å². The maximum absolute atomic E-state index is 8.61. The second kappa shape index (κ2) is 6.35. The smallest absolute Gasteiger partial charge is 0.0725 e. The van der Waals surface area contributed by atoms with Crippen LogP contribution in [0.1, 0.15) is 32.1 Å². The number of rotatable bonds is 6. The molecule has 1 fully saturated rings. The summed E-state index contributed by atoms with van der Waals surface area (Å²) in [7, 11) is 0. The zero-order chi connectivity index (χ0) is 9.52. The molecule has 0 aromatic carbocycles. The molecule has 0 aromatic rings. The quantitative estimate of drug-likeness (QED) is 0.607. The van der Waals surface area contributed by atoms with E-state index in [1.165, 1.54) is 25.7 Å². The molecule has 3 N–H and O–H groups in total. The highest BCUT2D eigenvalue weighted by Gasteiger charge is 2.24. The van der Waals surface area contributed by atoms with Gasteiger partial charge in [0.15, 0.2) is 0 Å². The van der Waals surface area contributed by atoms with E-state index in [0.29, 0.717) is 19.1 Å². The third kappa shape index (κ3) is 3.63. The van der Waals surface area contributed by atoms with Gasteiger partial charge in [0, 0.05) is 19.8 Å². The largest absolute Gasteiger partial charge is 0.396 e. The van der Waals surface area contributed by atoms with Gasteiger partial charge in [0.1, 0.15) is 0 Å². The van der Waals surface area contributed by atoms with Gasteiger partial charge in [-0.2, -0.15) is 0 Å². The van der Waals surface area contributed by atoms with Gasteiger partial charge in [0.25, 0.3) is 0 Å². The molecule has 78 valence electrons. The number of nitrogens with two attached hydrogens (primary N) is 1. The van der Waals surface area contributed by atoms with E-state index in [1.807, 2.05) is 0 Å². The predicted octanol–water partition coefficient (Wildman–Crippen LogP) is 0.903. The van der Waals surface area contributed by atoms with E-state index in [0.717, 1.165) is 6.42 Å². The normalized spacial score (nSPS) is 20.8. The zero-order valence-corrected chi connectivity index (χ0v) is 8.24. The average molecular weight is 187 g/mol. The van der Waals surface area contributed by atoms with Gasteiger partial charge >= 0.3 is 0 Å². The van der Waals surface area contributed by atoms with Gasteiger partial charge in [0.05, 0.1) is 6.10 Å². The van der Waals surface area contributed by atoms with Crippen molar-refractivity contribution >= 4 is 0 Å². The van der Waals surface area contributed by atoms with Crippen LogP contribution in [0.4, 0.5) is 0 Å². The summed E-state index contributed by atoms with van der Waals surface area (Å²) in [6.45, 7) is 1.48. The lowest BCUT2D eigenvalue weighted by Crippen LogP contribution is -2.31. The third-order valence-electron chi connectivity index (χ3n) is 2.79. The maximum atomic E-state index is 8.61. The standard InChI is InChI=1S/C10H21NO2/c11-8-10(13-7-3-6-12)9-4-1-2-5-9/h9-10,12H,1-8,11H2. The Bertz CT molecular complexity index is 124. The molecule has 0 spiro atoms. The first-order chi connectivity index (χ1) is 6.38. The minimum absolute atomic E-state index is 0.210. The summed E-state index contributed by atoms with van der Waals surface area (Å²) < 4.78 is 5.63.